The summed E-state index contributed by atoms with van der Waals surface area (Å²) in [5.41, 5.74) is 25.7. The van der Waals surface area contributed by atoms with Gasteiger partial charge < -0.3 is 131 Å². The van der Waals surface area contributed by atoms with Crippen molar-refractivity contribution in [2.75, 3.05) is 65.4 Å². The van der Waals surface area contributed by atoms with E-state index in [9.17, 15) is 63.6 Å². The number of phenols is 1. The average molecular weight is 1880 g/mol. The molecule has 44 heteroatoms. The van der Waals surface area contributed by atoms with Gasteiger partial charge in [0.05, 0.1) is 37.0 Å². The number of nitrogens with one attached hydrogen (secondary N) is 14. The van der Waals surface area contributed by atoms with Crippen molar-refractivity contribution >= 4 is 134 Å². The largest absolute Gasteiger partial charge is 0.508 e. The highest BCUT2D eigenvalue weighted by Crippen LogP contribution is 2.28. The van der Waals surface area contributed by atoms with Crippen LogP contribution < -0.4 is 81.4 Å². The van der Waals surface area contributed by atoms with Gasteiger partial charge in [0.15, 0.2) is 5.96 Å². The van der Waals surface area contributed by atoms with Crippen LogP contribution in [-0.4, -0.2) is 324 Å². The second-order valence-electron chi connectivity index (χ2n) is 34.6. The SMILES string of the molecule is CCCC[C@H]1C(=O)N(C)[C@@H](CCCC)C(=O)N[C@@H](CCCNC(=N)N)C(=O)N[C@H](C(=O)NCC(N)=O)CSCC(=O)N[C@@H](Cc2ccc(O)cc2)C(=O)N(C)[C@@H](C)C(=O)N[C@@H](CC(N)=O)C(=O)N2CCC[C@H]2C(O)N[C@@H](CN)C(=O)N[C@@H](CC(C)C)C(=O)N2C[C@H](O)C[C@H]2C(=O)N[C@@H](Cc2c[nH]c3ccccc23)C(=O)N[C@@H]([C@@H](C)O)C(=O)N[C@@H](Cc2c[nH]c3ccccc23)C(=O)N1C. The number of aromatic nitrogens is 2. The number of amides is 16. The van der Waals surface area contributed by atoms with Crippen molar-refractivity contribution in [2.24, 2.45) is 28.9 Å². The summed E-state index contributed by atoms with van der Waals surface area (Å²) in [7, 11) is 3.91. The minimum absolute atomic E-state index is 0.0120. The zero-order valence-electron chi connectivity index (χ0n) is 76.5. The van der Waals surface area contributed by atoms with E-state index in [0.29, 0.717) is 64.2 Å². The Hall–Kier alpha value is -12.5. The Morgan fingerprint density at radius 3 is 1.71 bits per heavy atom. The van der Waals surface area contributed by atoms with Crippen LogP contribution >= 0.6 is 11.8 Å². The Kier molecular flexibility index (Phi) is 40.1. The molecule has 43 nitrogen and oxygen atoms in total. The number of benzene rings is 3. The van der Waals surface area contributed by atoms with Crippen LogP contribution in [-0.2, 0) is 96.0 Å². The number of hydrogen-bond donors (Lipinski definition) is 22. The van der Waals surface area contributed by atoms with Crippen LogP contribution in [0.3, 0.4) is 0 Å². The second-order valence-corrected chi connectivity index (χ2v) is 35.6. The third-order valence-corrected chi connectivity index (χ3v) is 25.0. The van der Waals surface area contributed by atoms with Crippen LogP contribution in [0.15, 0.2) is 85.2 Å². The molecule has 3 aliphatic heterocycles. The summed E-state index contributed by atoms with van der Waals surface area (Å²) in [6, 6.07) is -1.89. The molecule has 0 radical (unpaired) electrons. The predicted molar refractivity (Wildman–Crippen MR) is 492 cm³/mol. The number of carbonyl (C=O) groups excluding carboxylic acids is 16. The lowest BCUT2D eigenvalue weighted by molar-refractivity contribution is -0.149. The maximum atomic E-state index is 15.8. The van der Waals surface area contributed by atoms with Crippen LogP contribution in [0.5, 0.6) is 5.75 Å². The molecule has 133 heavy (non-hydrogen) atoms. The predicted octanol–water partition coefficient (Wildman–Crippen LogP) is -3.76. The maximum absolute atomic E-state index is 15.8. The van der Waals surface area contributed by atoms with E-state index in [0.717, 1.165) is 36.3 Å². The van der Waals surface area contributed by atoms with Crippen LogP contribution in [0.4, 0.5) is 0 Å². The zero-order valence-corrected chi connectivity index (χ0v) is 77.3. The van der Waals surface area contributed by atoms with Crippen LogP contribution in [0, 0.1) is 11.3 Å². The van der Waals surface area contributed by atoms with Gasteiger partial charge in [0, 0.05) is 113 Å². The van der Waals surface area contributed by atoms with Crippen LogP contribution in [0.25, 0.3) is 21.8 Å². The second kappa shape index (κ2) is 50.4. The van der Waals surface area contributed by atoms with Gasteiger partial charge in [0.2, 0.25) is 94.5 Å². The monoisotopic (exact) mass is 1870 g/mol. The third-order valence-electron chi connectivity index (χ3n) is 24.0. The lowest BCUT2D eigenvalue weighted by atomic mass is 9.99. The Balaban J connectivity index is 1.20. The first-order valence-corrected chi connectivity index (χ1v) is 46.0. The van der Waals surface area contributed by atoms with Gasteiger partial charge in [0.25, 0.3) is 0 Å². The van der Waals surface area contributed by atoms with E-state index in [-0.39, 0.29) is 95.4 Å². The summed E-state index contributed by atoms with van der Waals surface area (Å²) in [6.07, 6.45) is -2.01. The number of aliphatic hydroxyl groups excluding tert-OH is 3. The number of carbonyl (C=O) groups is 16. The summed E-state index contributed by atoms with van der Waals surface area (Å²) >= 11 is 0.764. The number of para-hydroxylation sites is 2. The molecule has 0 saturated carbocycles. The number of phenolic OH excluding ortho intramolecular Hbond substituents is 1. The molecule has 0 aliphatic carbocycles. The fraction of sp³-hybridized carbons (Fsp3) is 0.562. The summed E-state index contributed by atoms with van der Waals surface area (Å²) in [6.45, 7) is 7.87. The maximum Gasteiger partial charge on any atom is 0.246 e. The normalized spacial score (nSPS) is 25.8. The lowest BCUT2D eigenvalue weighted by Gasteiger charge is -2.36. The number of fused-ring (bicyclic) bond motifs is 4. The topological polar surface area (TPSA) is 662 Å². The highest BCUT2D eigenvalue weighted by Gasteiger charge is 2.47. The van der Waals surface area contributed by atoms with Gasteiger partial charge in [-0.1, -0.05) is 102 Å². The molecule has 16 amide bonds. The molecule has 3 fully saturated rings. The Labute approximate surface area is 775 Å². The van der Waals surface area contributed by atoms with Gasteiger partial charge in [-0.05, 0) is 106 Å². The number of aliphatic hydroxyl groups is 3. The first-order chi connectivity index (χ1) is 63.1. The van der Waals surface area contributed by atoms with E-state index >= 15 is 33.6 Å². The van der Waals surface area contributed by atoms with E-state index in [1.807, 2.05) is 13.8 Å². The number of likely N-dealkylation sites (N-methyl/N-ethyl adjacent to an activating group) is 3. The number of nitrogens with two attached hydrogens (primary N) is 4. The highest BCUT2D eigenvalue weighted by molar-refractivity contribution is 8.00. The summed E-state index contributed by atoms with van der Waals surface area (Å²) in [4.78, 5) is 247. The summed E-state index contributed by atoms with van der Waals surface area (Å²) in [5, 5.41) is 83.5. The van der Waals surface area contributed by atoms with Crippen LogP contribution in [0.1, 0.15) is 142 Å². The molecule has 3 aliphatic rings. The average Bonchev–Trinajstić information content (AvgIpc) is 1.76. The molecule has 0 spiro atoms. The summed E-state index contributed by atoms with van der Waals surface area (Å²) in [5.74, 6) is -17.0. The Bertz CT molecular complexity index is 4940. The molecule has 1 unspecified atom stereocenters. The molecule has 3 aromatic carbocycles. The minimum Gasteiger partial charge on any atom is -0.508 e. The molecule has 0 bridgehead atoms. The number of unbranched alkanes of at least 4 members (excludes halogenated alkanes) is 2. The molecule has 5 heterocycles. The highest BCUT2D eigenvalue weighted by atomic mass is 32.2. The van der Waals surface area contributed by atoms with Gasteiger partial charge in [0.1, 0.15) is 90.5 Å². The van der Waals surface area contributed by atoms with Crippen LogP contribution in [0.2, 0.25) is 0 Å². The number of thioether (sulfide) groups is 1. The number of hydrogen-bond acceptors (Lipinski definition) is 24. The molecule has 17 atom stereocenters. The fourth-order valence-corrected chi connectivity index (χ4v) is 17.4. The van der Waals surface area contributed by atoms with Crippen molar-refractivity contribution in [1.82, 2.24) is 93.0 Å². The quantitative estimate of drug-likeness (QED) is 0.0152. The number of nitrogens with zero attached hydrogens (tertiary/aromatic N) is 5. The fourth-order valence-electron chi connectivity index (χ4n) is 16.5. The third kappa shape index (κ3) is 29.7. The molecule has 8 rings (SSSR count). The van der Waals surface area contributed by atoms with Crippen molar-refractivity contribution in [3.05, 3.63) is 102 Å². The van der Waals surface area contributed by atoms with Crippen molar-refractivity contribution < 1.29 is 97.1 Å². The smallest absolute Gasteiger partial charge is 0.246 e. The van der Waals surface area contributed by atoms with Crippen molar-refractivity contribution in [2.45, 2.75) is 247 Å². The number of aromatic amines is 2. The molecule has 26 N–H and O–H groups in total. The van der Waals surface area contributed by atoms with Gasteiger partial charge in [-0.2, -0.15) is 0 Å². The van der Waals surface area contributed by atoms with E-state index in [4.69, 9.17) is 28.3 Å². The lowest BCUT2D eigenvalue weighted by Crippen LogP contribution is -2.63. The van der Waals surface area contributed by atoms with Crippen molar-refractivity contribution in [3.63, 3.8) is 0 Å². The zero-order chi connectivity index (χ0) is 97.8. The molecular formula is C89H131N23O20S. The number of H-pyrrole nitrogens is 2. The minimum atomic E-state index is -1.92. The Morgan fingerprint density at radius 2 is 1.12 bits per heavy atom. The number of guanidine groups is 1. The number of primary amides is 2. The molecule has 5 aromatic rings. The van der Waals surface area contributed by atoms with Gasteiger partial charge in [-0.15, -0.1) is 11.8 Å². The number of aromatic hydroxyl groups is 1. The van der Waals surface area contributed by atoms with Gasteiger partial charge in [-0.25, -0.2) is 0 Å². The molecule has 2 aromatic heterocycles. The van der Waals surface area contributed by atoms with E-state index < -0.39 is 241 Å². The van der Waals surface area contributed by atoms with E-state index in [1.165, 1.54) is 59.3 Å². The van der Waals surface area contributed by atoms with Gasteiger partial charge in [-0.3, -0.25) is 87.4 Å². The van der Waals surface area contributed by atoms with Gasteiger partial charge >= 0.3 is 0 Å². The summed E-state index contributed by atoms with van der Waals surface area (Å²) < 4.78 is 0. The Morgan fingerprint density at radius 1 is 0.571 bits per heavy atom. The standard InChI is InChI=1S/C89H131N23O20S/c1-10-12-25-67-80(124)100-59(24-18-32-95-89(93)94)77(121)106-66(76(120)98-43-72(92)117)45-133-46-73(118)99-62(35-50-28-30-53(114)31-29-50)84(128)108(7)48(5)75(119)102-64(39-71(91)116)86(130)111-33-19-27-68(111)81(125)105-65(40-90)79(123)103-61(34-47(3)4)87(131)112-44-54(115)38-70(112)82(126)101-60(36-51-41-96-57-22-16-14-20-55(51)57)78(122)107-74(49(6)113)83(127)104-63(37-52-42-97-58-23-17-15-21-56(52)58)85(129)110(9)69(26-13-11-2)88(132)109(67)8/h14-17,20-23,28-31,41-42,47-49,54,59-70,74,81,96-97,105,113-115,125H,10-13,18-19,24-27,32-40,43-46,90H2,1-9H3,(H2,91,116)(H2,92,117)(H,98,120)(H,99,118)(H,100,124)(H,101,126)(H,102,119)(H,103,123)(H,104,127)(H,106,121)(H,107,122)(H4,93,94,95)/t48-,49+,54+,59-,60-,61-,62-,63-,64-,65-,66-,67-,68-,69-,70-,74-,81?/m0/s1. The number of rotatable bonds is 25. The van der Waals surface area contributed by atoms with E-state index in [2.05, 4.69) is 68.5 Å². The molecular weight excluding hydrogens is 1740 g/mol. The van der Waals surface area contributed by atoms with E-state index in [1.54, 1.807) is 74.8 Å². The van der Waals surface area contributed by atoms with Crippen molar-refractivity contribution in [1.29, 1.82) is 5.41 Å². The first-order valence-electron chi connectivity index (χ1n) is 44.9. The molecule has 728 valence electrons. The van der Waals surface area contributed by atoms with Crippen molar-refractivity contribution in [3.8, 4) is 5.75 Å². The molecule has 3 saturated heterocycles. The first kappa shape index (κ1) is 106.